The van der Waals surface area contributed by atoms with Crippen molar-refractivity contribution in [3.05, 3.63) is 62.2 Å². The SMILES string of the molecule is CCC(NC(=O)OC(C)(C)C)c1ccc(-c2c(OC)cc(Br)c3[nH]c(=O)c4sccc4c23)cc1. The van der Waals surface area contributed by atoms with E-state index < -0.39 is 11.7 Å². The zero-order valence-electron chi connectivity index (χ0n) is 19.7. The summed E-state index contributed by atoms with van der Waals surface area (Å²) in [6.07, 6.45) is 0.285. The van der Waals surface area contributed by atoms with Gasteiger partial charge in [-0.25, -0.2) is 4.79 Å². The van der Waals surface area contributed by atoms with Crippen molar-refractivity contribution in [1.29, 1.82) is 0 Å². The van der Waals surface area contributed by atoms with Gasteiger partial charge in [0.1, 0.15) is 16.1 Å². The molecule has 6 nitrogen and oxygen atoms in total. The Labute approximate surface area is 210 Å². The number of rotatable bonds is 5. The smallest absolute Gasteiger partial charge is 0.408 e. The number of carbonyl (C=O) groups is 1. The zero-order valence-corrected chi connectivity index (χ0v) is 22.1. The molecule has 0 bridgehead atoms. The van der Waals surface area contributed by atoms with Crippen LogP contribution in [-0.2, 0) is 4.74 Å². The highest BCUT2D eigenvalue weighted by molar-refractivity contribution is 9.10. The molecule has 0 radical (unpaired) electrons. The third-order valence-corrected chi connectivity index (χ3v) is 7.08. The number of amides is 1. The lowest BCUT2D eigenvalue weighted by atomic mass is 9.95. The van der Waals surface area contributed by atoms with Gasteiger partial charge >= 0.3 is 6.09 Å². The van der Waals surface area contributed by atoms with Gasteiger partial charge in [0.2, 0.25) is 0 Å². The van der Waals surface area contributed by atoms with Gasteiger partial charge in [0, 0.05) is 20.8 Å². The molecule has 178 valence electrons. The number of nitrogens with one attached hydrogen (secondary N) is 2. The van der Waals surface area contributed by atoms with Gasteiger partial charge in [-0.1, -0.05) is 31.2 Å². The monoisotopic (exact) mass is 542 g/mol. The summed E-state index contributed by atoms with van der Waals surface area (Å²) in [7, 11) is 1.64. The number of thiophene rings is 1. The molecule has 2 heterocycles. The third-order valence-electron chi connectivity index (χ3n) is 5.54. The van der Waals surface area contributed by atoms with Crippen molar-refractivity contribution in [3.63, 3.8) is 0 Å². The van der Waals surface area contributed by atoms with E-state index in [1.807, 2.05) is 69.5 Å². The van der Waals surface area contributed by atoms with Crippen molar-refractivity contribution >= 4 is 54.3 Å². The van der Waals surface area contributed by atoms with Crippen molar-refractivity contribution in [1.82, 2.24) is 10.3 Å². The van der Waals surface area contributed by atoms with E-state index in [1.54, 1.807) is 7.11 Å². The number of aromatic nitrogens is 1. The summed E-state index contributed by atoms with van der Waals surface area (Å²) in [5.74, 6) is 0.700. The number of halogens is 1. The Hall–Kier alpha value is -2.84. The fourth-order valence-electron chi connectivity index (χ4n) is 4.07. The zero-order chi connectivity index (χ0) is 24.6. The highest BCUT2D eigenvalue weighted by atomic mass is 79.9. The summed E-state index contributed by atoms with van der Waals surface area (Å²) in [5.41, 5.74) is 2.90. The molecule has 2 aromatic heterocycles. The van der Waals surface area contributed by atoms with Gasteiger partial charge in [0.15, 0.2) is 0 Å². The number of carbonyl (C=O) groups excluding carboxylic acids is 1. The van der Waals surface area contributed by atoms with Gasteiger partial charge < -0.3 is 19.8 Å². The number of benzene rings is 2. The van der Waals surface area contributed by atoms with E-state index in [1.165, 1.54) is 11.3 Å². The van der Waals surface area contributed by atoms with Gasteiger partial charge in [0.25, 0.3) is 5.56 Å². The Balaban J connectivity index is 1.80. The average Bonchev–Trinajstić information content (AvgIpc) is 3.28. The second-order valence-electron chi connectivity index (χ2n) is 9.03. The molecule has 0 fully saturated rings. The Morgan fingerprint density at radius 3 is 2.53 bits per heavy atom. The number of H-pyrrole nitrogens is 1. The first-order chi connectivity index (χ1) is 16.1. The van der Waals surface area contributed by atoms with Crippen LogP contribution in [0.25, 0.3) is 32.1 Å². The van der Waals surface area contributed by atoms with Crippen molar-refractivity contribution in [2.45, 2.75) is 45.8 Å². The molecule has 0 spiro atoms. The molecule has 2 N–H and O–H groups in total. The van der Waals surface area contributed by atoms with Crippen LogP contribution in [0, 0.1) is 0 Å². The molecule has 1 unspecified atom stereocenters. The second-order valence-corrected chi connectivity index (χ2v) is 10.8. The topological polar surface area (TPSA) is 80.4 Å². The first-order valence-electron chi connectivity index (χ1n) is 11.0. The van der Waals surface area contributed by atoms with E-state index in [2.05, 4.69) is 26.2 Å². The maximum absolute atomic E-state index is 12.6. The first-order valence-corrected chi connectivity index (χ1v) is 12.7. The molecule has 0 aliphatic carbocycles. The van der Waals surface area contributed by atoms with Crippen LogP contribution in [0.15, 0.2) is 51.0 Å². The van der Waals surface area contributed by atoms with Gasteiger partial charge in [-0.2, -0.15) is 0 Å². The number of aromatic amines is 1. The van der Waals surface area contributed by atoms with E-state index >= 15 is 0 Å². The summed E-state index contributed by atoms with van der Waals surface area (Å²) in [6.45, 7) is 7.55. The van der Waals surface area contributed by atoms with Gasteiger partial charge in [-0.3, -0.25) is 4.79 Å². The van der Waals surface area contributed by atoms with Crippen molar-refractivity contribution in [2.75, 3.05) is 7.11 Å². The fourth-order valence-corrected chi connectivity index (χ4v) is 5.37. The number of alkyl carbamates (subject to hydrolysis) is 1. The lowest BCUT2D eigenvalue weighted by Gasteiger charge is -2.23. The normalized spacial score (nSPS) is 12.6. The van der Waals surface area contributed by atoms with E-state index in [-0.39, 0.29) is 11.6 Å². The van der Waals surface area contributed by atoms with E-state index in [4.69, 9.17) is 9.47 Å². The van der Waals surface area contributed by atoms with Crippen LogP contribution in [0.3, 0.4) is 0 Å². The summed E-state index contributed by atoms with van der Waals surface area (Å²) in [6, 6.07) is 11.7. The summed E-state index contributed by atoms with van der Waals surface area (Å²) in [4.78, 5) is 27.9. The minimum Gasteiger partial charge on any atom is -0.496 e. The molecule has 1 atom stereocenters. The number of fused-ring (bicyclic) bond motifs is 3. The minimum absolute atomic E-state index is 0.108. The number of hydrogen-bond donors (Lipinski definition) is 2. The minimum atomic E-state index is -0.556. The molecule has 8 heteroatoms. The third kappa shape index (κ3) is 4.70. The molecule has 0 aliphatic rings. The Kier molecular flexibility index (Phi) is 6.73. The predicted molar refractivity (Wildman–Crippen MR) is 142 cm³/mol. The maximum Gasteiger partial charge on any atom is 0.408 e. The first kappa shape index (κ1) is 24.3. The summed E-state index contributed by atoms with van der Waals surface area (Å²) in [5, 5.41) is 6.69. The number of ether oxygens (including phenoxy) is 2. The van der Waals surface area contributed by atoms with E-state index in [0.29, 0.717) is 10.4 Å². The molecule has 2 aromatic carbocycles. The molecular formula is C26H27BrN2O4S. The summed E-state index contributed by atoms with van der Waals surface area (Å²) < 4.78 is 12.6. The van der Waals surface area contributed by atoms with Crippen molar-refractivity contribution in [2.24, 2.45) is 0 Å². The molecule has 34 heavy (non-hydrogen) atoms. The Morgan fingerprint density at radius 2 is 1.91 bits per heavy atom. The van der Waals surface area contributed by atoms with Gasteiger partial charge in [-0.15, -0.1) is 11.3 Å². The molecule has 4 rings (SSSR count). The molecule has 1 amide bonds. The second kappa shape index (κ2) is 9.43. The maximum atomic E-state index is 12.6. The van der Waals surface area contributed by atoms with Crippen LogP contribution in [0.2, 0.25) is 0 Å². The van der Waals surface area contributed by atoms with E-state index in [9.17, 15) is 9.59 Å². The van der Waals surface area contributed by atoms with Gasteiger partial charge in [0.05, 0.1) is 18.7 Å². The molecular weight excluding hydrogens is 516 g/mol. The molecule has 0 saturated carbocycles. The van der Waals surface area contributed by atoms with Gasteiger partial charge in [-0.05, 0) is 71.8 Å². The van der Waals surface area contributed by atoms with Crippen LogP contribution >= 0.6 is 27.3 Å². The van der Waals surface area contributed by atoms with Crippen molar-refractivity contribution in [3.8, 4) is 16.9 Å². The highest BCUT2D eigenvalue weighted by Gasteiger charge is 2.21. The lowest BCUT2D eigenvalue weighted by molar-refractivity contribution is 0.0502. The van der Waals surface area contributed by atoms with E-state index in [0.717, 1.165) is 43.9 Å². The number of pyridine rings is 1. The van der Waals surface area contributed by atoms with Crippen LogP contribution in [-0.4, -0.2) is 23.8 Å². The highest BCUT2D eigenvalue weighted by Crippen LogP contribution is 2.43. The fraction of sp³-hybridized carbons (Fsp3) is 0.308. The quantitative estimate of drug-likeness (QED) is 0.280. The largest absolute Gasteiger partial charge is 0.496 e. The Bertz CT molecular complexity index is 1420. The van der Waals surface area contributed by atoms with Crippen molar-refractivity contribution < 1.29 is 14.3 Å². The Morgan fingerprint density at radius 1 is 1.21 bits per heavy atom. The van der Waals surface area contributed by atoms with Crippen LogP contribution < -0.4 is 15.6 Å². The lowest BCUT2D eigenvalue weighted by Crippen LogP contribution is -2.34. The van der Waals surface area contributed by atoms with Crippen LogP contribution in [0.4, 0.5) is 4.79 Å². The van der Waals surface area contributed by atoms with Crippen LogP contribution in [0.1, 0.15) is 45.7 Å². The average molecular weight is 543 g/mol. The molecule has 0 aliphatic heterocycles. The standard InChI is InChI=1S/C26H27BrN2O4S/c1-6-18(28-25(31)33-26(2,3)4)14-7-9-15(10-8-14)20-19(32-5)13-17(27)22-21(20)16-11-12-34-23(16)24(30)29-22/h7-13,18H,6H2,1-5H3,(H,28,31)(H,29,30). The molecule has 0 saturated heterocycles. The van der Waals surface area contributed by atoms with Crippen LogP contribution in [0.5, 0.6) is 5.75 Å². The molecule has 4 aromatic rings. The number of methoxy groups -OCH3 is 1. The predicted octanol–water partition coefficient (Wildman–Crippen LogP) is 7.16. The summed E-state index contributed by atoms with van der Waals surface area (Å²) >= 11 is 5.01. The number of hydrogen-bond acceptors (Lipinski definition) is 5.